The summed E-state index contributed by atoms with van der Waals surface area (Å²) in [6.07, 6.45) is -5.63. The van der Waals surface area contributed by atoms with Crippen molar-refractivity contribution in [1.29, 1.82) is 0 Å². The standard InChI is InChI=1S/C11H9F3N2O5/c12-11(13,14)10(19)15-8(9(17)18)5-6-1-3-7(4-2-6)16(20)21/h1-4,8H,5H2,(H,15,19)(H,17,18). The van der Waals surface area contributed by atoms with Gasteiger partial charge in [-0.2, -0.15) is 13.2 Å². The van der Waals surface area contributed by atoms with Crippen LogP contribution in [0.3, 0.4) is 0 Å². The second-order valence-electron chi connectivity index (χ2n) is 3.99. The van der Waals surface area contributed by atoms with E-state index >= 15 is 0 Å². The maximum atomic E-state index is 12.1. The molecule has 114 valence electrons. The molecule has 0 saturated heterocycles. The number of hydrogen-bond donors (Lipinski definition) is 2. The van der Waals surface area contributed by atoms with Gasteiger partial charge in [-0.1, -0.05) is 12.1 Å². The van der Waals surface area contributed by atoms with Crippen LogP contribution in [-0.2, 0) is 16.0 Å². The van der Waals surface area contributed by atoms with Crippen LogP contribution < -0.4 is 5.32 Å². The minimum atomic E-state index is -5.19. The van der Waals surface area contributed by atoms with Gasteiger partial charge in [0.15, 0.2) is 0 Å². The molecule has 7 nitrogen and oxygen atoms in total. The van der Waals surface area contributed by atoms with Gasteiger partial charge in [0, 0.05) is 18.6 Å². The van der Waals surface area contributed by atoms with Crippen molar-refractivity contribution in [3.63, 3.8) is 0 Å². The van der Waals surface area contributed by atoms with Crippen LogP contribution in [0.25, 0.3) is 0 Å². The Hall–Kier alpha value is -2.65. The summed E-state index contributed by atoms with van der Waals surface area (Å²) in [5.41, 5.74) is -0.0135. The van der Waals surface area contributed by atoms with E-state index in [2.05, 4.69) is 0 Å². The van der Waals surface area contributed by atoms with Gasteiger partial charge in [-0.25, -0.2) is 4.79 Å². The van der Waals surface area contributed by atoms with Crippen LogP contribution in [0.5, 0.6) is 0 Å². The van der Waals surface area contributed by atoms with Gasteiger partial charge in [-0.05, 0) is 5.56 Å². The first kappa shape index (κ1) is 16.4. The number of hydrogen-bond acceptors (Lipinski definition) is 4. The zero-order valence-corrected chi connectivity index (χ0v) is 10.3. The first-order valence-corrected chi connectivity index (χ1v) is 5.45. The third-order valence-electron chi connectivity index (χ3n) is 2.45. The molecule has 21 heavy (non-hydrogen) atoms. The Kier molecular flexibility index (Phi) is 4.84. The summed E-state index contributed by atoms with van der Waals surface area (Å²) in [6.45, 7) is 0. The zero-order valence-electron chi connectivity index (χ0n) is 10.3. The molecule has 0 spiro atoms. The molecule has 0 heterocycles. The molecular formula is C11H9F3N2O5. The molecule has 1 atom stereocenters. The fourth-order valence-electron chi connectivity index (χ4n) is 1.43. The van der Waals surface area contributed by atoms with Crippen LogP contribution in [0, 0.1) is 10.1 Å². The number of nitro groups is 1. The number of nitrogens with zero attached hydrogens (tertiary/aromatic N) is 1. The van der Waals surface area contributed by atoms with E-state index in [1.165, 1.54) is 17.4 Å². The predicted octanol–water partition coefficient (Wildman–Crippen LogP) is 1.27. The first-order valence-electron chi connectivity index (χ1n) is 5.45. The molecular weight excluding hydrogens is 297 g/mol. The summed E-state index contributed by atoms with van der Waals surface area (Å²) in [5, 5.41) is 20.6. The topological polar surface area (TPSA) is 110 Å². The van der Waals surface area contributed by atoms with Gasteiger partial charge in [0.05, 0.1) is 4.92 Å². The number of non-ortho nitro benzene ring substituents is 1. The smallest absolute Gasteiger partial charge is 0.471 e. The molecule has 1 amide bonds. The highest BCUT2D eigenvalue weighted by atomic mass is 19.4. The quantitative estimate of drug-likeness (QED) is 0.629. The number of rotatable bonds is 5. The SMILES string of the molecule is O=C(O)C(Cc1ccc([N+](=O)[O-])cc1)NC(=O)C(F)(F)F. The van der Waals surface area contributed by atoms with Crippen molar-refractivity contribution in [1.82, 2.24) is 5.32 Å². The molecule has 1 rings (SSSR count). The van der Waals surface area contributed by atoms with E-state index in [4.69, 9.17) is 5.11 Å². The minimum Gasteiger partial charge on any atom is -0.480 e. The molecule has 0 bridgehead atoms. The number of carbonyl (C=O) groups excluding carboxylic acids is 1. The van der Waals surface area contributed by atoms with Gasteiger partial charge in [0.25, 0.3) is 5.69 Å². The molecule has 10 heteroatoms. The van der Waals surface area contributed by atoms with E-state index in [0.29, 0.717) is 0 Å². The number of nitrogens with one attached hydrogen (secondary N) is 1. The van der Waals surface area contributed by atoms with Crippen LogP contribution in [-0.4, -0.2) is 34.1 Å². The van der Waals surface area contributed by atoms with Gasteiger partial charge in [0.1, 0.15) is 6.04 Å². The second-order valence-corrected chi connectivity index (χ2v) is 3.99. The molecule has 0 radical (unpaired) electrons. The third-order valence-corrected chi connectivity index (χ3v) is 2.45. The lowest BCUT2D eigenvalue weighted by atomic mass is 10.1. The van der Waals surface area contributed by atoms with E-state index in [0.717, 1.165) is 12.1 Å². The van der Waals surface area contributed by atoms with Crippen molar-refractivity contribution in [2.45, 2.75) is 18.6 Å². The van der Waals surface area contributed by atoms with Gasteiger partial charge in [0.2, 0.25) is 0 Å². The molecule has 1 aromatic rings. The Morgan fingerprint density at radius 3 is 2.19 bits per heavy atom. The van der Waals surface area contributed by atoms with Gasteiger partial charge in [-0.15, -0.1) is 0 Å². The van der Waals surface area contributed by atoms with E-state index in [-0.39, 0.29) is 11.3 Å². The lowest BCUT2D eigenvalue weighted by Crippen LogP contribution is -2.47. The van der Waals surface area contributed by atoms with Crippen molar-refractivity contribution >= 4 is 17.6 Å². The van der Waals surface area contributed by atoms with Crippen molar-refractivity contribution in [3.8, 4) is 0 Å². The minimum absolute atomic E-state index is 0.232. The lowest BCUT2D eigenvalue weighted by molar-refractivity contribution is -0.384. The Labute approximate surface area is 115 Å². The number of halogens is 3. The summed E-state index contributed by atoms with van der Waals surface area (Å²) in [6, 6.07) is 2.78. The molecule has 2 N–H and O–H groups in total. The number of aliphatic carboxylic acids is 1. The van der Waals surface area contributed by atoms with E-state index in [1.54, 1.807) is 0 Å². The first-order chi connectivity index (χ1) is 9.61. The van der Waals surface area contributed by atoms with Crippen LogP contribution in [0.4, 0.5) is 18.9 Å². The number of carboxylic acid groups (broad SMARTS) is 1. The van der Waals surface area contributed by atoms with Crippen molar-refractivity contribution in [2.24, 2.45) is 0 Å². The summed E-state index contributed by atoms with van der Waals surface area (Å²) < 4.78 is 36.2. The Morgan fingerprint density at radius 1 is 1.29 bits per heavy atom. The zero-order chi connectivity index (χ0) is 16.2. The molecule has 1 aromatic carbocycles. The second kappa shape index (κ2) is 6.20. The Bertz CT molecular complexity index is 556. The third kappa shape index (κ3) is 4.75. The van der Waals surface area contributed by atoms with Gasteiger partial charge < -0.3 is 10.4 Å². The van der Waals surface area contributed by atoms with Crippen molar-refractivity contribution < 1.29 is 32.8 Å². The van der Waals surface area contributed by atoms with Crippen molar-refractivity contribution in [3.05, 3.63) is 39.9 Å². The monoisotopic (exact) mass is 306 g/mol. The van der Waals surface area contributed by atoms with Crippen LogP contribution in [0.15, 0.2) is 24.3 Å². The number of amides is 1. The Balaban J connectivity index is 2.82. The van der Waals surface area contributed by atoms with Crippen molar-refractivity contribution in [2.75, 3.05) is 0 Å². The fraction of sp³-hybridized carbons (Fsp3) is 0.273. The highest BCUT2D eigenvalue weighted by Crippen LogP contribution is 2.16. The van der Waals surface area contributed by atoms with Gasteiger partial charge >= 0.3 is 18.1 Å². The molecule has 0 aromatic heterocycles. The lowest BCUT2D eigenvalue weighted by Gasteiger charge is -2.15. The average molecular weight is 306 g/mol. The highest BCUT2D eigenvalue weighted by Gasteiger charge is 2.40. The number of carboxylic acids is 1. The van der Waals surface area contributed by atoms with Crippen LogP contribution in [0.1, 0.15) is 5.56 Å². The molecule has 0 aliphatic carbocycles. The summed E-state index contributed by atoms with van der Waals surface area (Å²) in [4.78, 5) is 31.3. The molecule has 0 aliphatic rings. The number of benzene rings is 1. The maximum Gasteiger partial charge on any atom is 0.471 e. The normalized spacial score (nSPS) is 12.5. The molecule has 0 fully saturated rings. The number of carbonyl (C=O) groups is 2. The molecule has 1 unspecified atom stereocenters. The van der Waals surface area contributed by atoms with Gasteiger partial charge in [-0.3, -0.25) is 14.9 Å². The summed E-state index contributed by atoms with van der Waals surface area (Å²) in [5.74, 6) is -4.01. The number of alkyl halides is 3. The maximum absolute atomic E-state index is 12.1. The molecule has 0 aliphatic heterocycles. The average Bonchev–Trinajstić information content (AvgIpc) is 2.37. The van der Waals surface area contributed by atoms with E-state index in [1.807, 2.05) is 0 Å². The van der Waals surface area contributed by atoms with Crippen LogP contribution in [0.2, 0.25) is 0 Å². The number of nitro benzene ring substituents is 1. The Morgan fingerprint density at radius 2 is 1.81 bits per heavy atom. The van der Waals surface area contributed by atoms with Crippen LogP contribution >= 0.6 is 0 Å². The molecule has 0 saturated carbocycles. The highest BCUT2D eigenvalue weighted by molar-refractivity contribution is 5.87. The summed E-state index contributed by atoms with van der Waals surface area (Å²) in [7, 11) is 0. The fourth-order valence-corrected chi connectivity index (χ4v) is 1.43. The predicted molar refractivity (Wildman–Crippen MR) is 62.4 cm³/mol. The van der Waals surface area contributed by atoms with E-state index in [9.17, 15) is 32.9 Å². The van der Waals surface area contributed by atoms with E-state index < -0.39 is 35.4 Å². The largest absolute Gasteiger partial charge is 0.480 e. The summed E-state index contributed by atoms with van der Waals surface area (Å²) >= 11 is 0.